The van der Waals surface area contributed by atoms with Crippen LogP contribution in [0.25, 0.3) is 0 Å². The monoisotopic (exact) mass is 290 g/mol. The highest BCUT2D eigenvalue weighted by Crippen LogP contribution is 2.24. The highest BCUT2D eigenvalue weighted by Gasteiger charge is 2.13. The second kappa shape index (κ2) is 5.34. The molecule has 1 aromatic carbocycles. The number of anilines is 2. The van der Waals surface area contributed by atoms with Gasteiger partial charge in [0, 0.05) is 4.88 Å². The number of rotatable bonds is 3. The van der Waals surface area contributed by atoms with Gasteiger partial charge in [-0.3, -0.25) is 4.79 Å². The fraction of sp³-hybridized carbons (Fsp3) is 0.143. The molecule has 2 aromatic rings. The molecule has 0 saturated carbocycles. The van der Waals surface area contributed by atoms with Gasteiger partial charge in [-0.25, -0.2) is 4.79 Å². The van der Waals surface area contributed by atoms with E-state index in [0.717, 1.165) is 10.4 Å². The van der Waals surface area contributed by atoms with Gasteiger partial charge in [-0.15, -0.1) is 11.3 Å². The Bertz CT molecular complexity index is 672. The highest BCUT2D eigenvalue weighted by atomic mass is 32.1. The highest BCUT2D eigenvalue weighted by molar-refractivity contribution is 7.14. The van der Waals surface area contributed by atoms with E-state index < -0.39 is 5.97 Å². The Hall–Kier alpha value is -2.34. The molecule has 0 fully saturated rings. The Morgan fingerprint density at radius 1 is 1.25 bits per heavy atom. The molecule has 5 nitrogen and oxygen atoms in total. The smallest absolute Gasteiger partial charge is 0.335 e. The molecule has 104 valence electrons. The summed E-state index contributed by atoms with van der Waals surface area (Å²) in [5.74, 6) is -1.31. The maximum atomic E-state index is 12.1. The van der Waals surface area contributed by atoms with Crippen LogP contribution in [-0.2, 0) is 0 Å². The van der Waals surface area contributed by atoms with Crippen molar-refractivity contribution in [3.8, 4) is 0 Å². The van der Waals surface area contributed by atoms with Gasteiger partial charge in [-0.1, -0.05) is 0 Å². The van der Waals surface area contributed by atoms with Crippen molar-refractivity contribution < 1.29 is 14.7 Å². The molecule has 1 amide bonds. The van der Waals surface area contributed by atoms with Crippen LogP contribution in [0.4, 0.5) is 11.4 Å². The van der Waals surface area contributed by atoms with Gasteiger partial charge in [0.2, 0.25) is 0 Å². The summed E-state index contributed by atoms with van der Waals surface area (Å²) in [7, 11) is 0. The summed E-state index contributed by atoms with van der Waals surface area (Å²) in [5, 5.41) is 11.5. The third-order valence-corrected chi connectivity index (χ3v) is 4.09. The molecule has 0 aliphatic rings. The first-order valence-corrected chi connectivity index (χ1v) is 6.71. The number of carboxylic acids is 1. The fourth-order valence-corrected chi connectivity index (χ4v) is 2.61. The molecule has 0 bridgehead atoms. The van der Waals surface area contributed by atoms with Gasteiger partial charge in [0.15, 0.2) is 0 Å². The minimum absolute atomic E-state index is 0.0864. The summed E-state index contributed by atoms with van der Waals surface area (Å²) in [4.78, 5) is 24.6. The van der Waals surface area contributed by atoms with Crippen LogP contribution in [-0.4, -0.2) is 17.0 Å². The minimum Gasteiger partial charge on any atom is -0.478 e. The van der Waals surface area contributed by atoms with E-state index in [1.165, 1.54) is 29.5 Å². The number of nitrogens with one attached hydrogen (secondary N) is 1. The molecule has 1 heterocycles. The van der Waals surface area contributed by atoms with Crippen molar-refractivity contribution in [3.63, 3.8) is 0 Å². The number of hydrogen-bond acceptors (Lipinski definition) is 4. The molecule has 0 unspecified atom stereocenters. The molecule has 1 aromatic heterocycles. The lowest BCUT2D eigenvalue weighted by Gasteiger charge is -2.07. The number of carboxylic acid groups (broad SMARTS) is 1. The number of nitrogen functional groups attached to an aromatic ring is 1. The molecule has 0 aliphatic heterocycles. The van der Waals surface area contributed by atoms with Crippen LogP contribution >= 0.6 is 11.3 Å². The molecule has 0 spiro atoms. The number of carbonyl (C=O) groups excluding carboxylic acids is 1. The molecule has 20 heavy (non-hydrogen) atoms. The minimum atomic E-state index is -1.06. The van der Waals surface area contributed by atoms with Crippen molar-refractivity contribution in [2.24, 2.45) is 0 Å². The van der Waals surface area contributed by atoms with E-state index in [-0.39, 0.29) is 17.2 Å². The quantitative estimate of drug-likeness (QED) is 0.758. The lowest BCUT2D eigenvalue weighted by atomic mass is 10.1. The number of nitrogens with two attached hydrogens (primary N) is 1. The van der Waals surface area contributed by atoms with Crippen molar-refractivity contribution in [2.45, 2.75) is 13.8 Å². The average Bonchev–Trinajstić information content (AvgIpc) is 2.72. The number of aromatic carboxylic acids is 1. The molecule has 4 N–H and O–H groups in total. The van der Waals surface area contributed by atoms with Gasteiger partial charge in [-0.05, 0) is 43.7 Å². The zero-order valence-electron chi connectivity index (χ0n) is 11.1. The number of amides is 1. The van der Waals surface area contributed by atoms with E-state index in [1.54, 1.807) is 0 Å². The molecule has 6 heteroatoms. The Balaban J connectivity index is 2.21. The lowest BCUT2D eigenvalue weighted by molar-refractivity contribution is 0.0697. The van der Waals surface area contributed by atoms with Crippen LogP contribution in [0.2, 0.25) is 0 Å². The van der Waals surface area contributed by atoms with Crippen LogP contribution in [0.15, 0.2) is 24.3 Å². The third-order valence-electron chi connectivity index (χ3n) is 2.94. The number of carbonyl (C=O) groups is 2. The fourth-order valence-electron chi connectivity index (χ4n) is 1.68. The second-order valence-corrected chi connectivity index (χ2v) is 5.67. The van der Waals surface area contributed by atoms with Crippen LogP contribution < -0.4 is 11.1 Å². The van der Waals surface area contributed by atoms with Crippen molar-refractivity contribution in [3.05, 3.63) is 45.1 Å². The zero-order valence-corrected chi connectivity index (χ0v) is 11.9. The maximum Gasteiger partial charge on any atom is 0.335 e. The first kappa shape index (κ1) is 14.1. The maximum absolute atomic E-state index is 12.1. The molecule has 0 radical (unpaired) electrons. The van der Waals surface area contributed by atoms with E-state index in [1.807, 2.05) is 19.9 Å². The van der Waals surface area contributed by atoms with Crippen LogP contribution in [0.5, 0.6) is 0 Å². The van der Waals surface area contributed by atoms with E-state index in [0.29, 0.717) is 10.6 Å². The van der Waals surface area contributed by atoms with Crippen LogP contribution in [0.3, 0.4) is 0 Å². The third kappa shape index (κ3) is 2.80. The molecule has 0 saturated heterocycles. The normalized spacial score (nSPS) is 10.3. The van der Waals surface area contributed by atoms with Gasteiger partial charge in [0.1, 0.15) is 0 Å². The average molecular weight is 290 g/mol. The topological polar surface area (TPSA) is 92.4 Å². The number of aryl methyl sites for hydroxylation is 2. The Morgan fingerprint density at radius 2 is 1.95 bits per heavy atom. The zero-order chi connectivity index (χ0) is 14.9. The van der Waals surface area contributed by atoms with E-state index >= 15 is 0 Å². The molecular weight excluding hydrogens is 276 g/mol. The Morgan fingerprint density at radius 3 is 2.45 bits per heavy atom. The summed E-state index contributed by atoms with van der Waals surface area (Å²) < 4.78 is 0. The number of hydrogen-bond donors (Lipinski definition) is 3. The van der Waals surface area contributed by atoms with Gasteiger partial charge in [-0.2, -0.15) is 0 Å². The first-order chi connectivity index (χ1) is 9.38. The lowest BCUT2D eigenvalue weighted by Crippen LogP contribution is -2.12. The van der Waals surface area contributed by atoms with Crippen molar-refractivity contribution >= 4 is 34.6 Å². The van der Waals surface area contributed by atoms with E-state index in [9.17, 15) is 9.59 Å². The van der Waals surface area contributed by atoms with Gasteiger partial charge in [0.25, 0.3) is 5.91 Å². The molecular formula is C14H14N2O3S. The van der Waals surface area contributed by atoms with Crippen molar-refractivity contribution in [2.75, 3.05) is 11.1 Å². The SMILES string of the molecule is Cc1cc(C(=O)Nc2ccc(C(=O)O)cc2N)sc1C. The van der Waals surface area contributed by atoms with Crippen molar-refractivity contribution in [1.29, 1.82) is 0 Å². The summed E-state index contributed by atoms with van der Waals surface area (Å²) >= 11 is 1.41. The predicted octanol–water partition coefficient (Wildman–Crippen LogP) is 2.90. The largest absolute Gasteiger partial charge is 0.478 e. The van der Waals surface area contributed by atoms with Crippen LogP contribution in [0.1, 0.15) is 30.5 Å². The molecule has 0 aliphatic carbocycles. The summed E-state index contributed by atoms with van der Waals surface area (Å²) in [6.07, 6.45) is 0. The standard InChI is InChI=1S/C14H14N2O3S/c1-7-5-12(20-8(7)2)13(17)16-11-4-3-9(14(18)19)6-10(11)15/h3-6H,15H2,1-2H3,(H,16,17)(H,18,19). The number of thiophene rings is 1. The predicted molar refractivity (Wildman–Crippen MR) is 79.6 cm³/mol. The number of benzene rings is 1. The van der Waals surface area contributed by atoms with Gasteiger partial charge >= 0.3 is 5.97 Å². The second-order valence-electron chi connectivity index (χ2n) is 4.41. The van der Waals surface area contributed by atoms with Crippen molar-refractivity contribution in [1.82, 2.24) is 0 Å². The summed E-state index contributed by atoms with van der Waals surface area (Å²) in [5.41, 5.74) is 7.53. The molecule has 0 atom stereocenters. The van der Waals surface area contributed by atoms with Crippen LogP contribution in [0, 0.1) is 13.8 Å². The summed E-state index contributed by atoms with van der Waals surface area (Å²) in [6.45, 7) is 3.89. The Labute approximate surface area is 120 Å². The van der Waals surface area contributed by atoms with Gasteiger partial charge < -0.3 is 16.2 Å². The molecule has 2 rings (SSSR count). The Kier molecular flexibility index (Phi) is 3.76. The van der Waals surface area contributed by atoms with E-state index in [2.05, 4.69) is 5.32 Å². The van der Waals surface area contributed by atoms with Gasteiger partial charge in [0.05, 0.1) is 21.8 Å². The first-order valence-electron chi connectivity index (χ1n) is 5.89. The van der Waals surface area contributed by atoms with E-state index in [4.69, 9.17) is 10.8 Å². The summed E-state index contributed by atoms with van der Waals surface area (Å²) in [6, 6.07) is 6.03.